The highest BCUT2D eigenvalue weighted by atomic mass is 14.8. The zero-order valence-corrected chi connectivity index (χ0v) is 5.59. The van der Waals surface area contributed by atoms with Gasteiger partial charge in [-0.2, -0.15) is 0 Å². The van der Waals surface area contributed by atoms with E-state index in [4.69, 9.17) is 0 Å². The standard InChI is InChI=1S/C9H12/c1-2-5-4(1)8-6-3-7(6)9(5)8/h4-9H,1-3H2. The molecule has 0 spiro atoms. The smallest absolute Gasteiger partial charge is 0.0318 e. The lowest BCUT2D eigenvalue weighted by atomic mass is 9.39. The second kappa shape index (κ2) is 0.889. The topological polar surface area (TPSA) is 0 Å². The molecule has 4 aliphatic carbocycles. The van der Waals surface area contributed by atoms with Crippen LogP contribution in [0.1, 0.15) is 19.3 Å². The Morgan fingerprint density at radius 1 is 0.667 bits per heavy atom. The lowest BCUT2D eigenvalue weighted by Crippen LogP contribution is -2.60. The molecule has 0 heterocycles. The molecule has 9 heavy (non-hydrogen) atoms. The van der Waals surface area contributed by atoms with Gasteiger partial charge in [-0.3, -0.25) is 0 Å². The summed E-state index contributed by atoms with van der Waals surface area (Å²) in [6.07, 6.45) is 4.85. The molecule has 4 rings (SSSR count). The average molecular weight is 120 g/mol. The highest BCUT2D eigenvalue weighted by molar-refractivity contribution is 5.22. The summed E-state index contributed by atoms with van der Waals surface area (Å²) in [7, 11) is 0. The van der Waals surface area contributed by atoms with Gasteiger partial charge >= 0.3 is 0 Å². The third-order valence-corrected chi connectivity index (χ3v) is 4.70. The van der Waals surface area contributed by atoms with Gasteiger partial charge in [0.1, 0.15) is 0 Å². The molecule has 4 aliphatic rings. The Morgan fingerprint density at radius 3 is 1.67 bits per heavy atom. The maximum atomic E-state index is 1.64. The van der Waals surface area contributed by atoms with Crippen LogP contribution >= 0.6 is 0 Å². The molecule has 0 nitrogen and oxygen atoms in total. The summed E-state index contributed by atoms with van der Waals surface area (Å²) < 4.78 is 0. The molecular formula is C9H12. The van der Waals surface area contributed by atoms with Crippen LogP contribution in [0.4, 0.5) is 0 Å². The van der Waals surface area contributed by atoms with Crippen LogP contribution in [-0.2, 0) is 0 Å². The van der Waals surface area contributed by atoms with Gasteiger partial charge in [0.2, 0.25) is 0 Å². The quantitative estimate of drug-likeness (QED) is 0.458. The molecule has 0 aromatic rings. The molecule has 0 radical (unpaired) electrons. The van der Waals surface area contributed by atoms with E-state index < -0.39 is 0 Å². The summed E-state index contributed by atoms with van der Waals surface area (Å²) in [6, 6.07) is 0. The van der Waals surface area contributed by atoms with Crippen molar-refractivity contribution in [3.8, 4) is 0 Å². The lowest BCUT2D eigenvalue weighted by Gasteiger charge is -2.65. The molecule has 4 saturated carbocycles. The van der Waals surface area contributed by atoms with Gasteiger partial charge < -0.3 is 0 Å². The van der Waals surface area contributed by atoms with Crippen LogP contribution in [0.5, 0.6) is 0 Å². The summed E-state index contributed by atoms with van der Waals surface area (Å²) in [5, 5.41) is 0. The number of hydrogen-bond acceptors (Lipinski definition) is 0. The minimum Gasteiger partial charge on any atom is -0.0496 e. The molecule has 0 heteroatoms. The average Bonchev–Trinajstić information content (AvgIpc) is 2.49. The maximum absolute atomic E-state index is 1.64. The Bertz CT molecular complexity index is 164. The molecule has 0 bridgehead atoms. The predicted octanol–water partition coefficient (Wildman–Crippen LogP) is 1.91. The fraction of sp³-hybridized carbons (Fsp3) is 1.00. The molecule has 0 aromatic heterocycles. The van der Waals surface area contributed by atoms with Crippen LogP contribution in [0.3, 0.4) is 0 Å². The molecule has 0 saturated heterocycles. The SMILES string of the molecule is C1CC2C1C1C3CC3C21. The van der Waals surface area contributed by atoms with Crippen LogP contribution in [0.15, 0.2) is 0 Å². The summed E-state index contributed by atoms with van der Waals surface area (Å²) in [5.74, 6) is 7.65. The Hall–Kier alpha value is 0. The Kier molecular flexibility index (Phi) is 0.395. The summed E-state index contributed by atoms with van der Waals surface area (Å²) >= 11 is 0. The second-order valence-corrected chi connectivity index (χ2v) is 4.62. The molecule has 0 aliphatic heterocycles. The van der Waals surface area contributed by atoms with Crippen molar-refractivity contribution in [2.24, 2.45) is 35.5 Å². The van der Waals surface area contributed by atoms with E-state index in [2.05, 4.69) is 0 Å². The van der Waals surface area contributed by atoms with E-state index >= 15 is 0 Å². The van der Waals surface area contributed by atoms with Crippen LogP contribution in [0, 0.1) is 35.5 Å². The summed E-state index contributed by atoms with van der Waals surface area (Å²) in [6.45, 7) is 0. The maximum Gasteiger partial charge on any atom is -0.0318 e. The molecule has 6 atom stereocenters. The second-order valence-electron chi connectivity index (χ2n) is 4.62. The first kappa shape index (κ1) is 4.00. The van der Waals surface area contributed by atoms with E-state index in [1.165, 1.54) is 35.5 Å². The fourth-order valence-corrected chi connectivity index (χ4v) is 4.11. The van der Waals surface area contributed by atoms with E-state index in [0.29, 0.717) is 0 Å². The van der Waals surface area contributed by atoms with Gasteiger partial charge in [0, 0.05) is 0 Å². The van der Waals surface area contributed by atoms with Crippen molar-refractivity contribution in [3.05, 3.63) is 0 Å². The molecule has 0 amide bonds. The van der Waals surface area contributed by atoms with Gasteiger partial charge in [0.05, 0.1) is 0 Å². The van der Waals surface area contributed by atoms with Crippen molar-refractivity contribution in [1.29, 1.82) is 0 Å². The molecule has 0 N–H and O–H groups in total. The number of hydrogen-bond donors (Lipinski definition) is 0. The van der Waals surface area contributed by atoms with Gasteiger partial charge in [0.15, 0.2) is 0 Å². The Balaban J connectivity index is 1.77. The van der Waals surface area contributed by atoms with Gasteiger partial charge in [-0.15, -0.1) is 0 Å². The summed E-state index contributed by atoms with van der Waals surface area (Å²) in [5.41, 5.74) is 0. The van der Waals surface area contributed by atoms with E-state index in [9.17, 15) is 0 Å². The molecule has 48 valence electrons. The first-order chi connectivity index (χ1) is 4.47. The van der Waals surface area contributed by atoms with Crippen molar-refractivity contribution >= 4 is 0 Å². The van der Waals surface area contributed by atoms with Crippen molar-refractivity contribution in [1.82, 2.24) is 0 Å². The minimum absolute atomic E-state index is 1.26. The van der Waals surface area contributed by atoms with Gasteiger partial charge in [-0.25, -0.2) is 0 Å². The largest absolute Gasteiger partial charge is 0.0496 e. The third kappa shape index (κ3) is 0.235. The van der Waals surface area contributed by atoms with Crippen LogP contribution in [0.25, 0.3) is 0 Å². The van der Waals surface area contributed by atoms with Gasteiger partial charge in [-0.05, 0) is 54.8 Å². The lowest BCUT2D eigenvalue weighted by molar-refractivity contribution is -0.174. The van der Waals surface area contributed by atoms with Crippen molar-refractivity contribution in [2.45, 2.75) is 19.3 Å². The summed E-state index contributed by atoms with van der Waals surface area (Å²) in [4.78, 5) is 0. The van der Waals surface area contributed by atoms with Crippen LogP contribution < -0.4 is 0 Å². The Morgan fingerprint density at radius 2 is 1.22 bits per heavy atom. The van der Waals surface area contributed by atoms with Crippen LogP contribution in [-0.4, -0.2) is 0 Å². The zero-order valence-electron chi connectivity index (χ0n) is 5.59. The van der Waals surface area contributed by atoms with Gasteiger partial charge in [-0.1, -0.05) is 0 Å². The van der Waals surface area contributed by atoms with E-state index in [-0.39, 0.29) is 0 Å². The van der Waals surface area contributed by atoms with Crippen molar-refractivity contribution < 1.29 is 0 Å². The molecule has 0 aromatic carbocycles. The minimum atomic E-state index is 1.26. The monoisotopic (exact) mass is 120 g/mol. The zero-order chi connectivity index (χ0) is 5.59. The van der Waals surface area contributed by atoms with Gasteiger partial charge in [0.25, 0.3) is 0 Å². The molecule has 4 fully saturated rings. The number of fused-ring (bicyclic) bond motifs is 7. The highest BCUT2D eigenvalue weighted by Gasteiger charge is 2.74. The third-order valence-electron chi connectivity index (χ3n) is 4.70. The van der Waals surface area contributed by atoms with E-state index in [1.54, 1.807) is 19.3 Å². The first-order valence-corrected chi connectivity index (χ1v) is 4.47. The number of rotatable bonds is 0. The highest BCUT2D eigenvalue weighted by Crippen LogP contribution is 2.80. The predicted molar refractivity (Wildman–Crippen MR) is 34.8 cm³/mol. The molecule has 6 unspecified atom stereocenters. The molecular weight excluding hydrogens is 108 g/mol. The fourth-order valence-electron chi connectivity index (χ4n) is 4.11. The van der Waals surface area contributed by atoms with Crippen LogP contribution in [0.2, 0.25) is 0 Å². The first-order valence-electron chi connectivity index (χ1n) is 4.47. The normalized spacial score (nSPS) is 80.0. The Labute approximate surface area is 55.6 Å². The van der Waals surface area contributed by atoms with E-state index in [1.807, 2.05) is 0 Å². The van der Waals surface area contributed by atoms with E-state index in [0.717, 1.165) is 0 Å². The van der Waals surface area contributed by atoms with Crippen molar-refractivity contribution in [3.63, 3.8) is 0 Å². The van der Waals surface area contributed by atoms with Crippen molar-refractivity contribution in [2.75, 3.05) is 0 Å².